The van der Waals surface area contributed by atoms with E-state index >= 15 is 0 Å². The summed E-state index contributed by atoms with van der Waals surface area (Å²) < 4.78 is 21.7. The van der Waals surface area contributed by atoms with Gasteiger partial charge >= 0.3 is 0 Å². The minimum atomic E-state index is -0.485. The van der Waals surface area contributed by atoms with Gasteiger partial charge < -0.3 is 10.1 Å². The van der Waals surface area contributed by atoms with E-state index in [4.69, 9.17) is 16.3 Å². The van der Waals surface area contributed by atoms with E-state index in [-0.39, 0.29) is 12.2 Å². The lowest BCUT2D eigenvalue weighted by atomic mass is 10.2. The van der Waals surface area contributed by atoms with Crippen LogP contribution in [-0.4, -0.2) is 28.4 Å². The Bertz CT molecular complexity index is 1580. The molecule has 1 N–H and O–H groups in total. The van der Waals surface area contributed by atoms with Crippen molar-refractivity contribution in [3.05, 3.63) is 96.1 Å². The fourth-order valence-corrected chi connectivity index (χ4v) is 4.86. The Kier molecular flexibility index (Phi) is 8.73. The third kappa shape index (κ3) is 6.63. The largest absolute Gasteiger partial charge is 0.482 e. The molecule has 0 fully saturated rings. The predicted octanol–water partition coefficient (Wildman–Crippen LogP) is 6.57. The van der Waals surface area contributed by atoms with E-state index in [0.717, 1.165) is 10.9 Å². The molecule has 0 saturated heterocycles. The molecular formula is C26H20Br2ClFN4O3. The number of rotatable bonds is 8. The van der Waals surface area contributed by atoms with Crippen LogP contribution in [0.25, 0.3) is 10.9 Å². The average molecular weight is 651 g/mol. The number of amides is 1. The Morgan fingerprint density at radius 2 is 2.03 bits per heavy atom. The minimum Gasteiger partial charge on any atom is -0.482 e. The molecule has 37 heavy (non-hydrogen) atoms. The van der Waals surface area contributed by atoms with Crippen LogP contribution in [0.3, 0.4) is 0 Å². The normalized spacial score (nSPS) is 11.3. The van der Waals surface area contributed by atoms with Crippen LogP contribution < -0.4 is 15.6 Å². The molecule has 4 rings (SSSR count). The Morgan fingerprint density at radius 1 is 1.22 bits per heavy atom. The molecule has 0 saturated carbocycles. The fourth-order valence-electron chi connectivity index (χ4n) is 3.55. The Morgan fingerprint density at radius 3 is 2.78 bits per heavy atom. The first-order valence-corrected chi connectivity index (χ1v) is 13.1. The van der Waals surface area contributed by atoms with Crippen LogP contribution in [0.4, 0.5) is 10.1 Å². The highest BCUT2D eigenvalue weighted by Gasteiger charge is 2.14. The van der Waals surface area contributed by atoms with Crippen molar-refractivity contribution in [2.45, 2.75) is 19.8 Å². The standard InChI is InChI=1S/C26H20Br2ClFN4O3/c1-2-4-23-33-22-8-7-16(27)10-20(22)26(36)34(23)31-13-15-9-17(29)11-21(28)25(15)37-14-24(35)32-19-6-3-5-18(30)12-19/h3,5-13H,2,4,14H2,1H3,(H,32,35). The third-order valence-electron chi connectivity index (χ3n) is 5.15. The van der Waals surface area contributed by atoms with E-state index in [0.29, 0.717) is 49.6 Å². The molecule has 1 heterocycles. The zero-order chi connectivity index (χ0) is 26.5. The molecule has 0 bridgehead atoms. The molecule has 7 nitrogen and oxygen atoms in total. The van der Waals surface area contributed by atoms with Gasteiger partial charge in [-0.2, -0.15) is 9.78 Å². The Balaban J connectivity index is 1.65. The van der Waals surface area contributed by atoms with Gasteiger partial charge in [0.2, 0.25) is 0 Å². The summed E-state index contributed by atoms with van der Waals surface area (Å²) in [6, 6.07) is 14.1. The van der Waals surface area contributed by atoms with Crippen LogP contribution in [0.2, 0.25) is 5.02 Å². The van der Waals surface area contributed by atoms with Crippen LogP contribution in [0, 0.1) is 5.82 Å². The van der Waals surface area contributed by atoms with E-state index in [1.807, 2.05) is 13.0 Å². The molecule has 0 unspecified atom stereocenters. The van der Waals surface area contributed by atoms with Gasteiger partial charge in [0.1, 0.15) is 17.4 Å². The number of carbonyl (C=O) groups excluding carboxylic acids is 1. The van der Waals surface area contributed by atoms with E-state index in [1.165, 1.54) is 29.1 Å². The molecule has 4 aromatic rings. The molecule has 3 aromatic carbocycles. The van der Waals surface area contributed by atoms with Gasteiger partial charge in [0.25, 0.3) is 11.5 Å². The van der Waals surface area contributed by atoms with Crippen LogP contribution in [0.15, 0.2) is 73.4 Å². The molecule has 1 aromatic heterocycles. The lowest BCUT2D eigenvalue weighted by molar-refractivity contribution is -0.118. The maximum atomic E-state index is 13.4. The zero-order valence-electron chi connectivity index (χ0n) is 19.5. The SMILES string of the molecule is CCCc1nc2ccc(Br)cc2c(=O)n1N=Cc1cc(Cl)cc(Br)c1OCC(=O)Nc1cccc(F)c1. The third-order valence-corrected chi connectivity index (χ3v) is 6.45. The molecule has 190 valence electrons. The number of halogens is 4. The number of ether oxygens (including phenoxy) is 1. The van der Waals surface area contributed by atoms with Crippen molar-refractivity contribution >= 4 is 72.2 Å². The van der Waals surface area contributed by atoms with Crippen LogP contribution in [0.5, 0.6) is 5.75 Å². The Labute approximate surface area is 233 Å². The summed E-state index contributed by atoms with van der Waals surface area (Å²) in [5, 5.41) is 7.81. The summed E-state index contributed by atoms with van der Waals surface area (Å²) in [5.41, 5.74) is 1.01. The monoisotopic (exact) mass is 648 g/mol. The van der Waals surface area contributed by atoms with Crippen molar-refractivity contribution in [1.29, 1.82) is 0 Å². The summed E-state index contributed by atoms with van der Waals surface area (Å²) in [7, 11) is 0. The van der Waals surface area contributed by atoms with Crippen molar-refractivity contribution in [2.24, 2.45) is 5.10 Å². The number of aromatic nitrogens is 2. The van der Waals surface area contributed by atoms with E-state index < -0.39 is 11.7 Å². The number of hydrogen-bond acceptors (Lipinski definition) is 5. The summed E-state index contributed by atoms with van der Waals surface area (Å²) in [5.74, 6) is -0.146. The second-order valence-electron chi connectivity index (χ2n) is 7.95. The maximum absolute atomic E-state index is 13.4. The van der Waals surface area contributed by atoms with Gasteiger partial charge in [0, 0.05) is 27.2 Å². The first-order chi connectivity index (χ1) is 17.7. The number of hydrogen-bond donors (Lipinski definition) is 1. The molecule has 0 radical (unpaired) electrons. The van der Waals surface area contributed by atoms with Crippen molar-refractivity contribution in [3.63, 3.8) is 0 Å². The first kappa shape index (κ1) is 27.0. The minimum absolute atomic E-state index is 0.295. The Hall–Kier alpha value is -3.08. The molecule has 0 aliphatic heterocycles. The maximum Gasteiger partial charge on any atom is 0.282 e. The van der Waals surface area contributed by atoms with E-state index in [9.17, 15) is 14.0 Å². The van der Waals surface area contributed by atoms with Gasteiger partial charge in [0.15, 0.2) is 6.61 Å². The lowest BCUT2D eigenvalue weighted by Gasteiger charge is -2.13. The summed E-state index contributed by atoms with van der Waals surface area (Å²) >= 11 is 13.0. The van der Waals surface area contributed by atoms with E-state index in [2.05, 4.69) is 47.3 Å². The molecule has 0 aliphatic carbocycles. The lowest BCUT2D eigenvalue weighted by Crippen LogP contribution is -2.22. The number of nitrogens with zero attached hydrogens (tertiary/aromatic N) is 3. The smallest absolute Gasteiger partial charge is 0.282 e. The van der Waals surface area contributed by atoms with Crippen molar-refractivity contribution in [3.8, 4) is 5.75 Å². The van der Waals surface area contributed by atoms with Gasteiger partial charge in [-0.1, -0.05) is 40.5 Å². The van der Waals surface area contributed by atoms with Crippen LogP contribution in [-0.2, 0) is 11.2 Å². The predicted molar refractivity (Wildman–Crippen MR) is 150 cm³/mol. The average Bonchev–Trinajstić information content (AvgIpc) is 2.84. The molecule has 11 heteroatoms. The van der Waals surface area contributed by atoms with Gasteiger partial charge in [-0.25, -0.2) is 9.37 Å². The highest BCUT2D eigenvalue weighted by atomic mass is 79.9. The second-order valence-corrected chi connectivity index (χ2v) is 10.2. The van der Waals surface area contributed by atoms with Crippen LogP contribution in [0.1, 0.15) is 24.7 Å². The van der Waals surface area contributed by atoms with Crippen molar-refractivity contribution < 1.29 is 13.9 Å². The quantitative estimate of drug-likeness (QED) is 0.219. The highest BCUT2D eigenvalue weighted by Crippen LogP contribution is 2.32. The molecule has 1 amide bonds. The van der Waals surface area contributed by atoms with Crippen molar-refractivity contribution in [1.82, 2.24) is 9.66 Å². The number of aryl methyl sites for hydroxylation is 1. The first-order valence-electron chi connectivity index (χ1n) is 11.2. The molecule has 0 spiro atoms. The number of fused-ring (bicyclic) bond motifs is 1. The highest BCUT2D eigenvalue weighted by molar-refractivity contribution is 9.10. The fraction of sp³-hybridized carbons (Fsp3) is 0.154. The topological polar surface area (TPSA) is 85.6 Å². The number of benzene rings is 3. The second kappa shape index (κ2) is 12.0. The molecular weight excluding hydrogens is 631 g/mol. The summed E-state index contributed by atoms with van der Waals surface area (Å²) in [6.07, 6.45) is 2.74. The molecule has 0 atom stereocenters. The van der Waals surface area contributed by atoms with Gasteiger partial charge in [-0.05, 0) is 70.9 Å². The van der Waals surface area contributed by atoms with E-state index in [1.54, 1.807) is 30.3 Å². The summed E-state index contributed by atoms with van der Waals surface area (Å²) in [6.45, 7) is 1.63. The molecule has 0 aliphatic rings. The zero-order valence-corrected chi connectivity index (χ0v) is 23.4. The number of nitrogens with one attached hydrogen (secondary N) is 1. The van der Waals surface area contributed by atoms with Gasteiger partial charge in [-0.15, -0.1) is 0 Å². The summed E-state index contributed by atoms with van der Waals surface area (Å²) in [4.78, 5) is 30.3. The van der Waals surface area contributed by atoms with Gasteiger partial charge in [0.05, 0.1) is 21.6 Å². The number of anilines is 1. The van der Waals surface area contributed by atoms with Crippen molar-refractivity contribution in [2.75, 3.05) is 11.9 Å². The van der Waals surface area contributed by atoms with Gasteiger partial charge in [-0.3, -0.25) is 9.59 Å². The van der Waals surface area contributed by atoms with Crippen LogP contribution >= 0.6 is 43.5 Å². The number of carbonyl (C=O) groups is 1.